The Morgan fingerprint density at radius 1 is 0.717 bits per heavy atom. The Bertz CT molecular complexity index is 2190. The molecule has 2 aromatic carbocycles. The van der Waals surface area contributed by atoms with Gasteiger partial charge in [0.15, 0.2) is 0 Å². The van der Waals surface area contributed by atoms with Gasteiger partial charge in [-0.2, -0.15) is 23.4 Å². The predicted molar refractivity (Wildman–Crippen MR) is 184 cm³/mol. The average molecular weight is 739 g/mol. The minimum atomic E-state index is -5.08. The number of nitrogens with two attached hydrogens (primary N) is 2. The van der Waals surface area contributed by atoms with Crippen molar-refractivity contribution in [2.45, 2.75) is 47.0 Å². The van der Waals surface area contributed by atoms with Crippen LogP contribution in [0.15, 0.2) is 48.5 Å². The van der Waals surface area contributed by atoms with Gasteiger partial charge in [0.2, 0.25) is 23.7 Å². The molecule has 4 amide bonds. The molecule has 4 heterocycles. The molecule has 0 spiro atoms. The number of carbonyl (C=O) groups excluding carboxylic acids is 4. The highest BCUT2D eigenvalue weighted by molar-refractivity contribution is 6.04. The summed E-state index contributed by atoms with van der Waals surface area (Å²) in [6, 6.07) is 13.2. The third-order valence-electron chi connectivity index (χ3n) is 7.11. The molecule has 0 aliphatic rings. The highest BCUT2D eigenvalue weighted by Crippen LogP contribution is 2.19. The molecule has 53 heavy (non-hydrogen) atoms. The molecule has 9 N–H and O–H groups in total. The van der Waals surface area contributed by atoms with E-state index in [2.05, 4.69) is 40.8 Å². The van der Waals surface area contributed by atoms with E-state index in [1.165, 1.54) is 0 Å². The number of aliphatic carboxylic acids is 1. The molecule has 0 unspecified atom stereocenters. The van der Waals surface area contributed by atoms with Crippen LogP contribution < -0.4 is 22.1 Å². The summed E-state index contributed by atoms with van der Waals surface area (Å²) in [5.41, 5.74) is 16.2. The number of imidazole rings is 2. The number of hydrogen-bond donors (Lipinski definition) is 7. The summed E-state index contributed by atoms with van der Waals surface area (Å²) in [5, 5.41) is 21.0. The number of benzene rings is 2. The molecule has 6 rings (SSSR count). The van der Waals surface area contributed by atoms with Crippen LogP contribution in [0, 0.1) is 13.8 Å². The lowest BCUT2D eigenvalue weighted by Gasteiger charge is -2.03. The number of carboxylic acid groups (broad SMARTS) is 1. The van der Waals surface area contributed by atoms with Gasteiger partial charge in [-0.15, -0.1) is 0 Å². The molecule has 6 aromatic rings. The molecule has 0 fully saturated rings. The number of nitrogens with zero attached hydrogens (tertiary/aromatic N) is 6. The second-order valence-corrected chi connectivity index (χ2v) is 11.0. The van der Waals surface area contributed by atoms with Crippen molar-refractivity contribution < 1.29 is 42.3 Å². The number of halogens is 3. The maximum absolute atomic E-state index is 12.4. The Labute approximate surface area is 296 Å². The summed E-state index contributed by atoms with van der Waals surface area (Å²) in [5.74, 6) is -3.82. The summed E-state index contributed by atoms with van der Waals surface area (Å²) in [4.78, 5) is 70.5. The molecule has 278 valence electrons. The number of H-pyrrole nitrogens is 2. The highest BCUT2D eigenvalue weighted by Gasteiger charge is 2.38. The molecule has 0 saturated carbocycles. The van der Waals surface area contributed by atoms with E-state index < -0.39 is 24.0 Å². The van der Waals surface area contributed by atoms with Gasteiger partial charge in [0.1, 0.15) is 11.4 Å². The molecule has 0 atom stereocenters. The molecule has 0 aliphatic heterocycles. The summed E-state index contributed by atoms with van der Waals surface area (Å²) in [6.07, 6.45) is -5.08. The molecule has 0 aliphatic carbocycles. The fraction of sp³-hybridized carbons (Fsp3) is 0.219. The first-order valence-corrected chi connectivity index (χ1v) is 15.5. The number of rotatable bonds is 8. The first kappa shape index (κ1) is 38.7. The maximum atomic E-state index is 12.4. The third-order valence-corrected chi connectivity index (χ3v) is 7.11. The largest absolute Gasteiger partial charge is 0.490 e. The first-order chi connectivity index (χ1) is 24.9. The Kier molecular flexibility index (Phi) is 11.6. The van der Waals surface area contributed by atoms with Crippen LogP contribution in [0.2, 0.25) is 0 Å². The topological polar surface area (TPSA) is 275 Å². The standard InChI is InChI=1S/2C15H16N6O2.C2HF3O2/c2*1-3-21-12(6-8(2)20-21)14(23)19-15-17-10-5-4-9(13(16)22)7-11(10)18-15;3-2(4,5)1(6)7/h2*4-7H,3H2,1-2H3,(H2,16,22)(H2,17,18,19,23);(H,6,7). The zero-order valence-electron chi connectivity index (χ0n) is 28.5. The molecule has 4 aromatic heterocycles. The average Bonchev–Trinajstić information content (AvgIpc) is 3.87. The lowest BCUT2D eigenvalue weighted by molar-refractivity contribution is -0.192. The van der Waals surface area contributed by atoms with Crippen molar-refractivity contribution in [1.82, 2.24) is 39.5 Å². The number of carbonyl (C=O) groups is 5. The second kappa shape index (κ2) is 15.9. The summed E-state index contributed by atoms with van der Waals surface area (Å²) in [7, 11) is 0. The van der Waals surface area contributed by atoms with Gasteiger partial charge in [0.25, 0.3) is 11.8 Å². The molecular formula is C32H33F3N12O6. The van der Waals surface area contributed by atoms with Crippen molar-refractivity contribution in [2.75, 3.05) is 10.6 Å². The number of amides is 4. The number of aromatic nitrogens is 8. The molecule has 21 heteroatoms. The van der Waals surface area contributed by atoms with Gasteiger partial charge in [-0.3, -0.25) is 39.2 Å². The number of alkyl halides is 3. The minimum absolute atomic E-state index is 0.299. The van der Waals surface area contributed by atoms with Gasteiger partial charge >= 0.3 is 12.1 Å². The van der Waals surface area contributed by atoms with Crippen molar-refractivity contribution in [1.29, 1.82) is 0 Å². The van der Waals surface area contributed by atoms with E-state index in [0.29, 0.717) is 69.6 Å². The van der Waals surface area contributed by atoms with E-state index in [9.17, 15) is 32.3 Å². The number of aromatic amines is 2. The lowest BCUT2D eigenvalue weighted by atomic mass is 10.2. The minimum Gasteiger partial charge on any atom is -0.475 e. The van der Waals surface area contributed by atoms with Crippen LogP contribution in [0.4, 0.5) is 25.1 Å². The van der Waals surface area contributed by atoms with Crippen LogP contribution in [0.1, 0.15) is 66.9 Å². The predicted octanol–water partition coefficient (Wildman–Crippen LogP) is 3.51. The van der Waals surface area contributed by atoms with E-state index in [-0.39, 0.29) is 11.8 Å². The lowest BCUT2D eigenvalue weighted by Crippen LogP contribution is -2.21. The summed E-state index contributed by atoms with van der Waals surface area (Å²) >= 11 is 0. The Balaban J connectivity index is 0.000000201. The van der Waals surface area contributed by atoms with Crippen LogP contribution in [-0.4, -0.2) is 80.4 Å². The normalized spacial score (nSPS) is 10.9. The maximum Gasteiger partial charge on any atom is 0.490 e. The zero-order valence-corrected chi connectivity index (χ0v) is 28.5. The van der Waals surface area contributed by atoms with E-state index in [4.69, 9.17) is 21.4 Å². The van der Waals surface area contributed by atoms with Gasteiger partial charge in [-0.25, -0.2) is 14.8 Å². The van der Waals surface area contributed by atoms with E-state index in [1.807, 2.05) is 27.7 Å². The van der Waals surface area contributed by atoms with E-state index in [0.717, 1.165) is 11.4 Å². The zero-order chi connectivity index (χ0) is 39.2. The quantitative estimate of drug-likeness (QED) is 0.119. The summed E-state index contributed by atoms with van der Waals surface area (Å²) < 4.78 is 35.0. The van der Waals surface area contributed by atoms with Gasteiger partial charge in [-0.1, -0.05) is 0 Å². The smallest absolute Gasteiger partial charge is 0.475 e. The summed E-state index contributed by atoms with van der Waals surface area (Å²) in [6.45, 7) is 8.67. The number of carboxylic acids is 1. The van der Waals surface area contributed by atoms with Crippen molar-refractivity contribution >= 4 is 63.6 Å². The molecule has 0 radical (unpaired) electrons. The number of fused-ring (bicyclic) bond motifs is 2. The molecule has 18 nitrogen and oxygen atoms in total. The van der Waals surface area contributed by atoms with Crippen LogP contribution in [0.3, 0.4) is 0 Å². The van der Waals surface area contributed by atoms with Crippen LogP contribution in [0.25, 0.3) is 22.1 Å². The number of primary amides is 2. The fourth-order valence-corrected chi connectivity index (χ4v) is 4.72. The number of anilines is 2. The van der Waals surface area contributed by atoms with Crippen molar-refractivity contribution in [3.63, 3.8) is 0 Å². The van der Waals surface area contributed by atoms with E-state index in [1.54, 1.807) is 57.9 Å². The SMILES string of the molecule is CCn1nc(C)cc1C(=O)Nc1nc2cc(C(N)=O)ccc2[nH]1.CCn1nc(C)cc1C(=O)Nc1nc2cc(C(N)=O)ccc2[nH]1.O=C(O)C(F)(F)F. The van der Waals surface area contributed by atoms with Crippen molar-refractivity contribution in [2.24, 2.45) is 11.5 Å². The number of aryl methyl sites for hydroxylation is 4. The molecule has 0 saturated heterocycles. The number of nitrogens with one attached hydrogen (secondary N) is 4. The van der Waals surface area contributed by atoms with Crippen LogP contribution in [0.5, 0.6) is 0 Å². The third kappa shape index (κ3) is 9.59. The fourth-order valence-electron chi connectivity index (χ4n) is 4.72. The second-order valence-electron chi connectivity index (χ2n) is 11.0. The Hall–Kier alpha value is -7.06. The monoisotopic (exact) mass is 738 g/mol. The van der Waals surface area contributed by atoms with E-state index >= 15 is 0 Å². The number of hydrogen-bond acceptors (Lipinski definition) is 9. The van der Waals surface area contributed by atoms with Gasteiger partial charge in [-0.05, 0) is 76.2 Å². The van der Waals surface area contributed by atoms with Gasteiger partial charge < -0.3 is 26.5 Å². The highest BCUT2D eigenvalue weighted by atomic mass is 19.4. The van der Waals surface area contributed by atoms with Crippen LogP contribution >= 0.6 is 0 Å². The molecular weight excluding hydrogens is 705 g/mol. The van der Waals surface area contributed by atoms with Crippen molar-refractivity contribution in [3.05, 3.63) is 82.4 Å². The van der Waals surface area contributed by atoms with Gasteiger partial charge in [0, 0.05) is 24.2 Å². The Morgan fingerprint density at radius 2 is 1.08 bits per heavy atom. The molecule has 0 bridgehead atoms. The van der Waals surface area contributed by atoms with Crippen LogP contribution in [-0.2, 0) is 17.9 Å². The van der Waals surface area contributed by atoms with Gasteiger partial charge in [0.05, 0.1) is 33.5 Å². The first-order valence-electron chi connectivity index (χ1n) is 15.5. The van der Waals surface area contributed by atoms with Crippen molar-refractivity contribution in [3.8, 4) is 0 Å². The Morgan fingerprint density at radius 3 is 1.38 bits per heavy atom.